The summed E-state index contributed by atoms with van der Waals surface area (Å²) in [5, 5.41) is 2.98. The zero-order valence-corrected chi connectivity index (χ0v) is 18.3. The molecule has 0 radical (unpaired) electrons. The lowest BCUT2D eigenvalue weighted by Crippen LogP contribution is -2.35. The average molecular weight is 431 g/mol. The molecule has 0 aliphatic carbocycles. The first-order valence-corrected chi connectivity index (χ1v) is 10.5. The van der Waals surface area contributed by atoms with Crippen LogP contribution in [0.3, 0.4) is 0 Å². The number of nitrogens with zero attached hydrogens (tertiary/aromatic N) is 4. The minimum absolute atomic E-state index is 0.0832. The summed E-state index contributed by atoms with van der Waals surface area (Å²) in [6, 6.07) is 18.5. The number of ether oxygens (including phenoxy) is 1. The number of fused-ring (bicyclic) bond motifs is 1. The summed E-state index contributed by atoms with van der Waals surface area (Å²) in [6.45, 7) is 3.86. The van der Waals surface area contributed by atoms with E-state index in [0.717, 1.165) is 5.56 Å². The van der Waals surface area contributed by atoms with E-state index in [1.807, 2.05) is 61.5 Å². The summed E-state index contributed by atoms with van der Waals surface area (Å²) in [6.07, 6.45) is 0.634. The summed E-state index contributed by atoms with van der Waals surface area (Å²) < 4.78 is 6.81. The molecule has 2 heterocycles. The monoisotopic (exact) mass is 431 g/mol. The van der Waals surface area contributed by atoms with Crippen LogP contribution >= 0.6 is 0 Å². The smallest absolute Gasteiger partial charge is 0.274 e. The number of rotatable bonds is 7. The molecule has 4 rings (SSSR count). The van der Waals surface area contributed by atoms with E-state index in [2.05, 4.69) is 15.1 Å². The zero-order chi connectivity index (χ0) is 22.7. The Morgan fingerprint density at radius 1 is 1.12 bits per heavy atom. The van der Waals surface area contributed by atoms with Gasteiger partial charge in [0.25, 0.3) is 11.3 Å². The van der Waals surface area contributed by atoms with Gasteiger partial charge >= 0.3 is 0 Å². The largest absolute Gasteiger partial charge is 0.495 e. The normalized spacial score (nSPS) is 12.0. The summed E-state index contributed by atoms with van der Waals surface area (Å²) >= 11 is 0. The number of aromatic nitrogens is 4. The van der Waals surface area contributed by atoms with Crippen LogP contribution in [0.4, 0.5) is 5.69 Å². The van der Waals surface area contributed by atoms with Gasteiger partial charge in [0.2, 0.25) is 5.91 Å². The molecule has 4 aromatic rings. The fraction of sp³-hybridized carbons (Fsp3) is 0.250. The number of carbonyl (C=O) groups is 1. The highest BCUT2D eigenvalue weighted by atomic mass is 16.5. The molecule has 0 saturated carbocycles. The number of anilines is 1. The van der Waals surface area contributed by atoms with Crippen LogP contribution in [0.1, 0.15) is 36.3 Å². The Morgan fingerprint density at radius 3 is 2.56 bits per heavy atom. The highest BCUT2D eigenvalue weighted by Crippen LogP contribution is 2.32. The lowest BCUT2D eigenvalue weighted by Gasteiger charge is -2.28. The first kappa shape index (κ1) is 21.3. The minimum Gasteiger partial charge on any atom is -0.495 e. The Bertz CT molecular complexity index is 1300. The maximum absolute atomic E-state index is 13.8. The molecule has 0 saturated heterocycles. The fourth-order valence-electron chi connectivity index (χ4n) is 3.82. The summed E-state index contributed by atoms with van der Waals surface area (Å²) in [7, 11) is 1.57. The van der Waals surface area contributed by atoms with Crippen molar-refractivity contribution in [2.75, 3.05) is 12.0 Å². The van der Waals surface area contributed by atoms with E-state index < -0.39 is 0 Å². The number of benzene rings is 2. The quantitative estimate of drug-likeness (QED) is 0.484. The minimum atomic E-state index is -0.339. The number of nitrogens with one attached hydrogen (secondary N) is 1. The van der Waals surface area contributed by atoms with Gasteiger partial charge in [-0.05, 0) is 31.0 Å². The van der Waals surface area contributed by atoms with Gasteiger partial charge < -0.3 is 9.64 Å². The van der Waals surface area contributed by atoms with Gasteiger partial charge in [-0.3, -0.25) is 14.7 Å². The molecule has 0 aliphatic heterocycles. The Balaban J connectivity index is 1.78. The van der Waals surface area contributed by atoms with Gasteiger partial charge in [0.1, 0.15) is 11.6 Å². The molecular formula is C24H25N5O3. The molecule has 0 fully saturated rings. The van der Waals surface area contributed by atoms with Crippen LogP contribution in [0.5, 0.6) is 5.75 Å². The number of methoxy groups -OCH3 is 1. The number of aryl methyl sites for hydroxylation is 1. The van der Waals surface area contributed by atoms with Crippen LogP contribution in [0.25, 0.3) is 5.78 Å². The Kier molecular flexibility index (Phi) is 6.02. The third-order valence-corrected chi connectivity index (χ3v) is 5.36. The Hall–Kier alpha value is -3.94. The molecule has 0 spiro atoms. The van der Waals surface area contributed by atoms with Crippen molar-refractivity contribution >= 4 is 17.4 Å². The third-order valence-electron chi connectivity index (χ3n) is 5.36. The van der Waals surface area contributed by atoms with Crippen molar-refractivity contribution in [3.05, 3.63) is 88.1 Å². The zero-order valence-electron chi connectivity index (χ0n) is 18.3. The molecule has 8 nitrogen and oxygen atoms in total. The number of hydrogen-bond acceptors (Lipinski definition) is 5. The predicted molar refractivity (Wildman–Crippen MR) is 122 cm³/mol. The fourth-order valence-corrected chi connectivity index (χ4v) is 3.82. The molecule has 8 heteroatoms. The molecule has 0 aliphatic rings. The van der Waals surface area contributed by atoms with E-state index in [1.165, 1.54) is 10.6 Å². The topological polar surface area (TPSA) is 92.6 Å². The van der Waals surface area contributed by atoms with E-state index >= 15 is 0 Å². The number of carbonyl (C=O) groups excluding carboxylic acids is 1. The van der Waals surface area contributed by atoms with E-state index in [0.29, 0.717) is 29.4 Å². The van der Waals surface area contributed by atoms with Crippen molar-refractivity contribution in [2.45, 2.75) is 32.7 Å². The van der Waals surface area contributed by atoms with Crippen molar-refractivity contribution in [3.8, 4) is 5.75 Å². The van der Waals surface area contributed by atoms with Gasteiger partial charge in [-0.25, -0.2) is 4.98 Å². The van der Waals surface area contributed by atoms with Gasteiger partial charge in [0, 0.05) is 11.8 Å². The molecule has 32 heavy (non-hydrogen) atoms. The first-order chi connectivity index (χ1) is 15.5. The van der Waals surface area contributed by atoms with Crippen molar-refractivity contribution < 1.29 is 9.53 Å². The van der Waals surface area contributed by atoms with Crippen molar-refractivity contribution in [2.24, 2.45) is 0 Å². The van der Waals surface area contributed by atoms with E-state index in [4.69, 9.17) is 4.74 Å². The van der Waals surface area contributed by atoms with Crippen LogP contribution in [-0.4, -0.2) is 32.6 Å². The van der Waals surface area contributed by atoms with Crippen LogP contribution < -0.4 is 15.2 Å². The van der Waals surface area contributed by atoms with Gasteiger partial charge in [0.05, 0.1) is 25.3 Å². The van der Waals surface area contributed by atoms with Crippen LogP contribution in [0.15, 0.2) is 65.5 Å². The maximum atomic E-state index is 13.8. The van der Waals surface area contributed by atoms with Gasteiger partial charge in [-0.15, -0.1) is 0 Å². The molecule has 1 amide bonds. The molecular weight excluding hydrogens is 406 g/mol. The molecule has 0 bridgehead atoms. The molecule has 164 valence electrons. The maximum Gasteiger partial charge on any atom is 0.274 e. The highest BCUT2D eigenvalue weighted by Gasteiger charge is 2.28. The second-order valence-corrected chi connectivity index (χ2v) is 7.51. The van der Waals surface area contributed by atoms with Crippen molar-refractivity contribution in [1.82, 2.24) is 19.6 Å². The number of H-pyrrole nitrogens is 1. The molecule has 0 unspecified atom stereocenters. The van der Waals surface area contributed by atoms with Crippen molar-refractivity contribution in [3.63, 3.8) is 0 Å². The van der Waals surface area contributed by atoms with Crippen LogP contribution in [0, 0.1) is 6.92 Å². The summed E-state index contributed by atoms with van der Waals surface area (Å²) in [5.41, 5.74) is 1.90. The Morgan fingerprint density at radius 2 is 1.84 bits per heavy atom. The molecule has 1 atom stereocenters. The first-order valence-electron chi connectivity index (χ1n) is 10.5. The Labute approximate surface area is 185 Å². The van der Waals surface area contributed by atoms with Crippen LogP contribution in [-0.2, 0) is 11.3 Å². The highest BCUT2D eigenvalue weighted by molar-refractivity contribution is 5.99. The van der Waals surface area contributed by atoms with E-state index in [-0.39, 0.29) is 29.7 Å². The third kappa shape index (κ3) is 4.12. The standard InChI is InChI=1S/C24H25N5O3/c1-4-18(17-10-6-5-7-11-17)23(31)28(19-12-8-9-13-20(19)32-3)15-21-26-24-25-16(2)14-22(30)29(24)27-21/h5-14,18H,4,15H2,1-3H3,(H,25,26,27)/t18-/m0/s1. The second kappa shape index (κ2) is 9.05. The van der Waals surface area contributed by atoms with Gasteiger partial charge in [-0.1, -0.05) is 49.4 Å². The van der Waals surface area contributed by atoms with Crippen molar-refractivity contribution in [1.29, 1.82) is 0 Å². The number of para-hydroxylation sites is 2. The lowest BCUT2D eigenvalue weighted by molar-refractivity contribution is -0.120. The molecule has 2 aromatic carbocycles. The molecule has 2 aromatic heterocycles. The average Bonchev–Trinajstić information content (AvgIpc) is 3.21. The number of hydrogen-bond donors (Lipinski definition) is 1. The van der Waals surface area contributed by atoms with E-state index in [9.17, 15) is 9.59 Å². The van der Waals surface area contributed by atoms with Gasteiger partial charge in [0.15, 0.2) is 0 Å². The number of aromatic amines is 1. The number of amides is 1. The SMILES string of the molecule is CC[C@H](C(=O)N(Cc1nc2nc(C)cc(=O)n2[nH]1)c1ccccc1OC)c1ccccc1. The molecule has 1 N–H and O–H groups in total. The summed E-state index contributed by atoms with van der Waals surface area (Å²) in [4.78, 5) is 36.5. The van der Waals surface area contributed by atoms with Gasteiger partial charge in [-0.2, -0.15) is 9.50 Å². The summed E-state index contributed by atoms with van der Waals surface area (Å²) in [5.74, 6) is 0.870. The predicted octanol–water partition coefficient (Wildman–Crippen LogP) is 3.46. The second-order valence-electron chi connectivity index (χ2n) is 7.51. The van der Waals surface area contributed by atoms with Crippen LogP contribution in [0.2, 0.25) is 0 Å². The lowest BCUT2D eigenvalue weighted by atomic mass is 9.94. The van der Waals surface area contributed by atoms with E-state index in [1.54, 1.807) is 18.9 Å².